The summed E-state index contributed by atoms with van der Waals surface area (Å²) < 4.78 is 4.75. The number of ether oxygens (including phenoxy) is 1. The summed E-state index contributed by atoms with van der Waals surface area (Å²) in [4.78, 5) is 33.3. The topological polar surface area (TPSA) is 69.2 Å². The van der Waals surface area contributed by atoms with Crippen molar-refractivity contribution in [3.63, 3.8) is 0 Å². The van der Waals surface area contributed by atoms with E-state index in [0.717, 1.165) is 20.1 Å². The Balaban J connectivity index is 1.99. The number of rotatable bonds is 6. The molecule has 0 bridgehead atoms. The van der Waals surface area contributed by atoms with E-state index in [1.54, 1.807) is 18.3 Å². The molecule has 0 aliphatic rings. The molecule has 0 aliphatic heterocycles. The molecule has 20 heavy (non-hydrogen) atoms. The van der Waals surface area contributed by atoms with E-state index < -0.39 is 5.97 Å². The number of hydrogen-bond donors (Lipinski definition) is 0. The average molecular weight is 310 g/mol. The van der Waals surface area contributed by atoms with Crippen LogP contribution < -0.4 is 0 Å². The number of carbonyl (C=O) groups excluding carboxylic acids is 2. The van der Waals surface area contributed by atoms with Crippen molar-refractivity contribution in [1.29, 1.82) is 0 Å². The van der Waals surface area contributed by atoms with Gasteiger partial charge in [0.2, 0.25) is 0 Å². The fourth-order valence-corrected chi connectivity index (χ4v) is 3.39. The van der Waals surface area contributed by atoms with Gasteiger partial charge in [0.25, 0.3) is 0 Å². The standard InChI is InChI=1S/C13H14N2O3S2/c1-3-18-11(17)5-9(16)6-19-12-10-4-8(2)20-13(10)15-7-14-12/h4,7H,3,5-6H2,1-2H3. The number of aryl methyl sites for hydroxylation is 1. The van der Waals surface area contributed by atoms with Gasteiger partial charge in [-0.1, -0.05) is 11.8 Å². The quantitative estimate of drug-likeness (QED) is 0.353. The number of ketones is 1. The zero-order chi connectivity index (χ0) is 14.5. The molecule has 0 N–H and O–H groups in total. The Hall–Kier alpha value is -1.47. The largest absolute Gasteiger partial charge is 0.466 e. The first kappa shape index (κ1) is 14.9. The maximum atomic E-state index is 11.7. The van der Waals surface area contributed by atoms with Crippen LogP contribution in [0.4, 0.5) is 0 Å². The van der Waals surface area contributed by atoms with Gasteiger partial charge in [-0.25, -0.2) is 9.97 Å². The maximum Gasteiger partial charge on any atom is 0.313 e. The molecule has 0 aliphatic carbocycles. The lowest BCUT2D eigenvalue weighted by Gasteiger charge is -2.02. The summed E-state index contributed by atoms with van der Waals surface area (Å²) in [5, 5.41) is 1.74. The van der Waals surface area contributed by atoms with Gasteiger partial charge in [-0.05, 0) is 19.9 Å². The zero-order valence-corrected chi connectivity index (χ0v) is 12.8. The highest BCUT2D eigenvalue weighted by Crippen LogP contribution is 2.30. The second kappa shape index (κ2) is 6.81. The highest BCUT2D eigenvalue weighted by atomic mass is 32.2. The third-order valence-electron chi connectivity index (χ3n) is 2.43. The van der Waals surface area contributed by atoms with Gasteiger partial charge in [0, 0.05) is 10.3 Å². The Kier molecular flexibility index (Phi) is 5.08. The van der Waals surface area contributed by atoms with Gasteiger partial charge < -0.3 is 4.74 Å². The zero-order valence-electron chi connectivity index (χ0n) is 11.2. The van der Waals surface area contributed by atoms with E-state index in [1.807, 2.05) is 13.0 Å². The average Bonchev–Trinajstić information content (AvgIpc) is 2.77. The van der Waals surface area contributed by atoms with E-state index in [-0.39, 0.29) is 18.0 Å². The fraction of sp³-hybridized carbons (Fsp3) is 0.385. The van der Waals surface area contributed by atoms with E-state index in [4.69, 9.17) is 4.74 Å². The van der Waals surface area contributed by atoms with E-state index in [1.165, 1.54) is 18.1 Å². The summed E-state index contributed by atoms with van der Waals surface area (Å²) >= 11 is 2.92. The molecule has 0 atom stereocenters. The van der Waals surface area contributed by atoms with Crippen molar-refractivity contribution in [2.75, 3.05) is 12.4 Å². The van der Waals surface area contributed by atoms with Crippen LogP contribution in [0, 0.1) is 6.92 Å². The molecule has 0 spiro atoms. The van der Waals surface area contributed by atoms with Crippen molar-refractivity contribution < 1.29 is 14.3 Å². The van der Waals surface area contributed by atoms with Crippen LogP contribution in [-0.2, 0) is 14.3 Å². The molecule has 0 fully saturated rings. The minimum atomic E-state index is -0.475. The fourth-order valence-electron chi connectivity index (χ4n) is 1.64. The van der Waals surface area contributed by atoms with E-state index in [0.29, 0.717) is 6.61 Å². The summed E-state index contributed by atoms with van der Waals surface area (Å²) in [5.74, 6) is -0.427. The molecule has 2 aromatic heterocycles. The number of esters is 1. The SMILES string of the molecule is CCOC(=O)CC(=O)CSc1ncnc2sc(C)cc12. The van der Waals surface area contributed by atoms with Gasteiger partial charge >= 0.3 is 5.97 Å². The third kappa shape index (κ3) is 3.77. The molecule has 0 amide bonds. The second-order valence-electron chi connectivity index (χ2n) is 4.06. The number of thiophene rings is 1. The molecule has 0 saturated heterocycles. The molecule has 5 nitrogen and oxygen atoms in total. The van der Waals surface area contributed by atoms with Crippen LogP contribution in [0.2, 0.25) is 0 Å². The smallest absolute Gasteiger partial charge is 0.313 e. The van der Waals surface area contributed by atoms with Crippen molar-refractivity contribution in [1.82, 2.24) is 9.97 Å². The minimum absolute atomic E-state index is 0.160. The molecule has 0 radical (unpaired) electrons. The van der Waals surface area contributed by atoms with Gasteiger partial charge in [-0.3, -0.25) is 9.59 Å². The summed E-state index contributed by atoms with van der Waals surface area (Å²) in [6.07, 6.45) is 1.31. The summed E-state index contributed by atoms with van der Waals surface area (Å²) in [7, 11) is 0. The van der Waals surface area contributed by atoms with E-state index >= 15 is 0 Å². The van der Waals surface area contributed by atoms with Gasteiger partial charge in [0.1, 0.15) is 22.6 Å². The number of hydrogen-bond acceptors (Lipinski definition) is 7. The first-order chi connectivity index (χ1) is 9.60. The third-order valence-corrected chi connectivity index (χ3v) is 4.46. The number of carbonyl (C=O) groups is 2. The Bertz CT molecular complexity index is 640. The van der Waals surface area contributed by atoms with Crippen LogP contribution in [-0.4, -0.2) is 34.1 Å². The predicted octanol–water partition coefficient (Wildman–Crippen LogP) is 2.61. The van der Waals surface area contributed by atoms with Gasteiger partial charge in [-0.15, -0.1) is 11.3 Å². The summed E-state index contributed by atoms with van der Waals surface area (Å²) in [6.45, 7) is 4.01. The monoisotopic (exact) mass is 310 g/mol. The molecule has 2 rings (SSSR count). The summed E-state index contributed by atoms with van der Waals surface area (Å²) in [6, 6.07) is 2.01. The van der Waals surface area contributed by atoms with Crippen molar-refractivity contribution in [3.8, 4) is 0 Å². The first-order valence-electron chi connectivity index (χ1n) is 6.11. The van der Waals surface area contributed by atoms with Crippen LogP contribution >= 0.6 is 23.1 Å². The van der Waals surface area contributed by atoms with Crippen molar-refractivity contribution in [2.24, 2.45) is 0 Å². The molecular weight excluding hydrogens is 296 g/mol. The van der Waals surface area contributed by atoms with Crippen LogP contribution in [0.25, 0.3) is 10.2 Å². The van der Waals surface area contributed by atoms with Crippen LogP contribution in [0.3, 0.4) is 0 Å². The second-order valence-corrected chi connectivity index (χ2v) is 6.26. The number of aromatic nitrogens is 2. The lowest BCUT2D eigenvalue weighted by molar-refractivity contribution is -0.145. The highest BCUT2D eigenvalue weighted by molar-refractivity contribution is 8.00. The Morgan fingerprint density at radius 1 is 1.40 bits per heavy atom. The summed E-state index contributed by atoms with van der Waals surface area (Å²) in [5.41, 5.74) is 0. The Morgan fingerprint density at radius 2 is 2.20 bits per heavy atom. The lowest BCUT2D eigenvalue weighted by atomic mass is 10.3. The minimum Gasteiger partial charge on any atom is -0.466 e. The first-order valence-corrected chi connectivity index (χ1v) is 7.91. The number of Topliss-reactive ketones (excluding diaryl/α,β-unsaturated/α-hetero) is 1. The van der Waals surface area contributed by atoms with Crippen LogP contribution in [0.1, 0.15) is 18.2 Å². The van der Waals surface area contributed by atoms with Crippen molar-refractivity contribution in [3.05, 3.63) is 17.3 Å². The predicted molar refractivity (Wildman–Crippen MR) is 79.1 cm³/mol. The van der Waals surface area contributed by atoms with Gasteiger partial charge in [0.05, 0.1) is 12.4 Å². The molecule has 0 saturated carbocycles. The Labute approximate surface area is 124 Å². The van der Waals surface area contributed by atoms with Crippen molar-refractivity contribution in [2.45, 2.75) is 25.3 Å². The lowest BCUT2D eigenvalue weighted by Crippen LogP contribution is -2.12. The number of fused-ring (bicyclic) bond motifs is 1. The molecule has 0 unspecified atom stereocenters. The maximum absolute atomic E-state index is 11.7. The molecule has 0 aromatic carbocycles. The van der Waals surface area contributed by atoms with Gasteiger partial charge in [0.15, 0.2) is 5.78 Å². The molecule has 106 valence electrons. The molecule has 7 heteroatoms. The number of thioether (sulfide) groups is 1. The van der Waals surface area contributed by atoms with Crippen LogP contribution in [0.15, 0.2) is 17.4 Å². The normalized spacial score (nSPS) is 10.7. The van der Waals surface area contributed by atoms with Gasteiger partial charge in [-0.2, -0.15) is 0 Å². The van der Waals surface area contributed by atoms with Crippen LogP contribution in [0.5, 0.6) is 0 Å². The van der Waals surface area contributed by atoms with Crippen molar-refractivity contribution >= 4 is 45.1 Å². The van der Waals surface area contributed by atoms with E-state index in [9.17, 15) is 9.59 Å². The number of nitrogens with zero attached hydrogens (tertiary/aromatic N) is 2. The molecular formula is C13H14N2O3S2. The Morgan fingerprint density at radius 3 is 2.95 bits per heavy atom. The molecule has 2 aromatic rings. The molecule has 2 heterocycles. The van der Waals surface area contributed by atoms with E-state index in [2.05, 4.69) is 9.97 Å². The highest BCUT2D eigenvalue weighted by Gasteiger charge is 2.13.